The van der Waals surface area contributed by atoms with Crippen molar-refractivity contribution in [3.05, 3.63) is 78.1 Å². The highest BCUT2D eigenvalue weighted by atomic mass is 16.5. The van der Waals surface area contributed by atoms with Crippen LogP contribution in [-0.4, -0.2) is 47.2 Å². The normalized spacial score (nSPS) is 13.7. The Morgan fingerprint density at radius 2 is 1.67 bits per heavy atom. The van der Waals surface area contributed by atoms with E-state index in [-0.39, 0.29) is 5.91 Å². The molecular weight excluding hydrogens is 416 g/mol. The van der Waals surface area contributed by atoms with E-state index in [9.17, 15) is 4.79 Å². The van der Waals surface area contributed by atoms with Crippen molar-refractivity contribution in [1.29, 1.82) is 0 Å². The van der Waals surface area contributed by atoms with Gasteiger partial charge in [-0.15, -0.1) is 0 Å². The molecule has 2 aromatic carbocycles. The van der Waals surface area contributed by atoms with E-state index in [0.717, 1.165) is 41.2 Å². The molecule has 8 nitrogen and oxygen atoms in total. The fourth-order valence-corrected chi connectivity index (χ4v) is 3.69. The second-order valence-corrected chi connectivity index (χ2v) is 7.84. The molecule has 1 aliphatic rings. The minimum absolute atomic E-state index is 0.247. The summed E-state index contributed by atoms with van der Waals surface area (Å²) < 4.78 is 5.42. The van der Waals surface area contributed by atoms with Crippen molar-refractivity contribution in [2.24, 2.45) is 0 Å². The Labute approximate surface area is 191 Å². The second-order valence-electron chi connectivity index (χ2n) is 7.84. The van der Waals surface area contributed by atoms with E-state index in [0.29, 0.717) is 30.5 Å². The summed E-state index contributed by atoms with van der Waals surface area (Å²) in [5.74, 6) is 1.18. The Hall–Kier alpha value is -4.04. The summed E-state index contributed by atoms with van der Waals surface area (Å²) in [6.45, 7) is 4.88. The number of ether oxygens (including phenoxy) is 1. The number of anilines is 4. The Balaban J connectivity index is 1.26. The van der Waals surface area contributed by atoms with Crippen molar-refractivity contribution in [3.63, 3.8) is 0 Å². The molecule has 5 rings (SSSR count). The first kappa shape index (κ1) is 20.8. The summed E-state index contributed by atoms with van der Waals surface area (Å²) in [6, 6.07) is 20.8. The summed E-state index contributed by atoms with van der Waals surface area (Å²) >= 11 is 0. The number of carbonyl (C=O) groups is 1. The van der Waals surface area contributed by atoms with Crippen molar-refractivity contribution in [2.75, 3.05) is 41.8 Å². The van der Waals surface area contributed by atoms with Crippen molar-refractivity contribution in [2.45, 2.75) is 6.92 Å². The molecule has 0 aliphatic carbocycles. The molecule has 1 amide bonds. The number of aryl methyl sites for hydroxylation is 1. The number of nitrogens with zero attached hydrogens (tertiary/aromatic N) is 4. The molecule has 166 valence electrons. The predicted octanol–water partition coefficient (Wildman–Crippen LogP) is 4.17. The maximum absolute atomic E-state index is 12.6. The van der Waals surface area contributed by atoms with E-state index < -0.39 is 0 Å². The van der Waals surface area contributed by atoms with Crippen LogP contribution < -0.4 is 15.5 Å². The SMILES string of the molecule is Cc1cc(Nc2ccc(NC(=O)c3ccc4ccccc4n3)cc2)nc(N2CCOCC2)n1. The molecule has 0 spiro atoms. The molecule has 0 bridgehead atoms. The van der Waals surface area contributed by atoms with Gasteiger partial charge in [-0.2, -0.15) is 4.98 Å². The van der Waals surface area contributed by atoms with Crippen LogP contribution in [0.25, 0.3) is 10.9 Å². The van der Waals surface area contributed by atoms with Crippen molar-refractivity contribution in [3.8, 4) is 0 Å². The molecule has 2 N–H and O–H groups in total. The monoisotopic (exact) mass is 440 g/mol. The van der Waals surface area contributed by atoms with E-state index in [1.54, 1.807) is 6.07 Å². The van der Waals surface area contributed by atoms with Crippen LogP contribution in [0, 0.1) is 6.92 Å². The van der Waals surface area contributed by atoms with Crippen LogP contribution in [0.1, 0.15) is 16.2 Å². The third-order valence-corrected chi connectivity index (χ3v) is 5.38. The van der Waals surface area contributed by atoms with Gasteiger partial charge in [0.2, 0.25) is 5.95 Å². The molecule has 0 unspecified atom stereocenters. The highest BCUT2D eigenvalue weighted by molar-refractivity contribution is 6.04. The minimum Gasteiger partial charge on any atom is -0.378 e. The maximum atomic E-state index is 12.6. The van der Waals surface area contributed by atoms with Crippen LogP contribution in [0.4, 0.5) is 23.1 Å². The number of amides is 1. The van der Waals surface area contributed by atoms with E-state index in [1.165, 1.54) is 0 Å². The average Bonchev–Trinajstić information content (AvgIpc) is 2.85. The lowest BCUT2D eigenvalue weighted by atomic mass is 10.2. The fraction of sp³-hybridized carbons (Fsp3) is 0.200. The van der Waals surface area contributed by atoms with Crippen LogP contribution in [0.15, 0.2) is 66.7 Å². The van der Waals surface area contributed by atoms with Gasteiger partial charge in [-0.3, -0.25) is 4.79 Å². The second kappa shape index (κ2) is 9.22. The molecule has 4 aromatic rings. The van der Waals surface area contributed by atoms with Crippen LogP contribution in [0.2, 0.25) is 0 Å². The van der Waals surface area contributed by atoms with Crippen LogP contribution >= 0.6 is 0 Å². The number of hydrogen-bond donors (Lipinski definition) is 2. The van der Waals surface area contributed by atoms with E-state index in [1.807, 2.05) is 67.6 Å². The van der Waals surface area contributed by atoms with E-state index >= 15 is 0 Å². The van der Waals surface area contributed by atoms with E-state index in [2.05, 4.69) is 30.5 Å². The predicted molar refractivity (Wildman–Crippen MR) is 129 cm³/mol. The first-order valence-electron chi connectivity index (χ1n) is 10.9. The summed E-state index contributed by atoms with van der Waals surface area (Å²) in [5.41, 5.74) is 3.61. The topological polar surface area (TPSA) is 92.3 Å². The molecule has 1 saturated heterocycles. The number of morpholine rings is 1. The zero-order valence-corrected chi connectivity index (χ0v) is 18.3. The zero-order chi connectivity index (χ0) is 22.6. The zero-order valence-electron chi connectivity index (χ0n) is 18.3. The Kier molecular flexibility index (Phi) is 5.82. The number of benzene rings is 2. The van der Waals surface area contributed by atoms with Gasteiger partial charge in [-0.05, 0) is 43.3 Å². The summed E-state index contributed by atoms with van der Waals surface area (Å²) in [4.78, 5) is 28.4. The van der Waals surface area contributed by atoms with Crippen molar-refractivity contribution < 1.29 is 9.53 Å². The number of hydrogen-bond acceptors (Lipinski definition) is 7. The summed E-state index contributed by atoms with van der Waals surface area (Å²) in [5, 5.41) is 7.23. The third-order valence-electron chi connectivity index (χ3n) is 5.38. The molecule has 1 fully saturated rings. The quantitative estimate of drug-likeness (QED) is 0.481. The van der Waals surface area contributed by atoms with Gasteiger partial charge in [-0.1, -0.05) is 24.3 Å². The average molecular weight is 441 g/mol. The van der Waals surface area contributed by atoms with E-state index in [4.69, 9.17) is 4.74 Å². The van der Waals surface area contributed by atoms with Gasteiger partial charge in [0.15, 0.2) is 0 Å². The van der Waals surface area contributed by atoms with Gasteiger partial charge >= 0.3 is 0 Å². The first-order chi connectivity index (χ1) is 16.1. The Morgan fingerprint density at radius 1 is 0.909 bits per heavy atom. The largest absolute Gasteiger partial charge is 0.378 e. The van der Waals surface area contributed by atoms with Crippen LogP contribution in [-0.2, 0) is 4.74 Å². The number of pyridine rings is 1. The number of rotatable bonds is 5. The molecule has 8 heteroatoms. The van der Waals surface area contributed by atoms with Gasteiger partial charge in [0.1, 0.15) is 11.5 Å². The van der Waals surface area contributed by atoms with Crippen molar-refractivity contribution in [1.82, 2.24) is 15.0 Å². The summed E-state index contributed by atoms with van der Waals surface area (Å²) in [7, 11) is 0. The molecule has 1 aliphatic heterocycles. The van der Waals surface area contributed by atoms with Crippen LogP contribution in [0.3, 0.4) is 0 Å². The lowest BCUT2D eigenvalue weighted by Crippen LogP contribution is -2.37. The van der Waals surface area contributed by atoms with Gasteiger partial charge in [0, 0.05) is 41.6 Å². The van der Waals surface area contributed by atoms with Crippen molar-refractivity contribution >= 4 is 40.0 Å². The van der Waals surface area contributed by atoms with Gasteiger partial charge in [-0.25, -0.2) is 9.97 Å². The first-order valence-corrected chi connectivity index (χ1v) is 10.9. The molecule has 2 aromatic heterocycles. The number of aromatic nitrogens is 3. The molecule has 0 atom stereocenters. The number of para-hydroxylation sites is 1. The molecular formula is C25H24N6O2. The maximum Gasteiger partial charge on any atom is 0.274 e. The smallest absolute Gasteiger partial charge is 0.274 e. The highest BCUT2D eigenvalue weighted by Crippen LogP contribution is 2.21. The standard InChI is InChI=1S/C25H24N6O2/c1-17-16-23(30-25(26-17)31-12-14-33-15-13-31)27-19-7-9-20(10-8-19)28-24(32)22-11-6-18-4-2-3-5-21(18)29-22/h2-11,16H,12-15H2,1H3,(H,28,32)(H,26,27,30). The van der Waals surface area contributed by atoms with Crippen LogP contribution in [0.5, 0.6) is 0 Å². The Morgan fingerprint density at radius 3 is 2.48 bits per heavy atom. The number of carbonyl (C=O) groups excluding carboxylic acids is 1. The molecule has 33 heavy (non-hydrogen) atoms. The third kappa shape index (κ3) is 4.91. The number of nitrogens with one attached hydrogen (secondary N) is 2. The fourth-order valence-electron chi connectivity index (χ4n) is 3.69. The molecule has 3 heterocycles. The number of fused-ring (bicyclic) bond motifs is 1. The lowest BCUT2D eigenvalue weighted by molar-refractivity contribution is 0.102. The molecule has 0 saturated carbocycles. The minimum atomic E-state index is -0.247. The van der Waals surface area contributed by atoms with Gasteiger partial charge in [0.05, 0.1) is 18.7 Å². The molecule has 0 radical (unpaired) electrons. The van der Waals surface area contributed by atoms with Gasteiger partial charge < -0.3 is 20.3 Å². The Bertz CT molecular complexity index is 1290. The van der Waals surface area contributed by atoms with Gasteiger partial charge in [0.25, 0.3) is 5.91 Å². The lowest BCUT2D eigenvalue weighted by Gasteiger charge is -2.27. The highest BCUT2D eigenvalue weighted by Gasteiger charge is 2.15. The summed E-state index contributed by atoms with van der Waals surface area (Å²) in [6.07, 6.45) is 0.